The van der Waals surface area contributed by atoms with Gasteiger partial charge in [-0.25, -0.2) is 9.97 Å². The molecule has 0 bridgehead atoms. The molecule has 0 aliphatic carbocycles. The Morgan fingerprint density at radius 2 is 2.32 bits per heavy atom. The van der Waals surface area contributed by atoms with Gasteiger partial charge in [-0.1, -0.05) is 18.5 Å². The molecule has 1 aliphatic rings. The molecule has 1 aromatic rings. The molecule has 1 fully saturated rings. The third-order valence-corrected chi connectivity index (χ3v) is 3.40. The van der Waals surface area contributed by atoms with E-state index in [4.69, 9.17) is 16.3 Å². The van der Waals surface area contributed by atoms with E-state index in [0.29, 0.717) is 18.3 Å². The number of hydrogen-bond acceptors (Lipinski definition) is 5. The van der Waals surface area contributed by atoms with Crippen LogP contribution in [0, 0.1) is 0 Å². The van der Waals surface area contributed by atoms with E-state index in [1.54, 1.807) is 6.07 Å². The smallest absolute Gasteiger partial charge is 0.134 e. The van der Waals surface area contributed by atoms with Crippen LogP contribution in [0.3, 0.4) is 0 Å². The van der Waals surface area contributed by atoms with Gasteiger partial charge in [0, 0.05) is 19.0 Å². The van der Waals surface area contributed by atoms with Gasteiger partial charge in [-0.15, -0.1) is 0 Å². The first kappa shape index (κ1) is 14.5. The van der Waals surface area contributed by atoms with Gasteiger partial charge in [0.1, 0.15) is 16.8 Å². The Morgan fingerprint density at radius 1 is 1.53 bits per heavy atom. The first-order valence-corrected chi connectivity index (χ1v) is 7.04. The number of hydrogen-bond donors (Lipinski definition) is 1. The van der Waals surface area contributed by atoms with Crippen LogP contribution in [0.15, 0.2) is 6.07 Å². The lowest BCUT2D eigenvalue weighted by molar-refractivity contribution is -0.0105. The maximum atomic E-state index is 9.22. The summed E-state index contributed by atoms with van der Waals surface area (Å²) < 4.78 is 5.53. The van der Waals surface area contributed by atoms with Crippen molar-refractivity contribution in [2.45, 2.75) is 38.8 Å². The number of morpholine rings is 1. The van der Waals surface area contributed by atoms with E-state index in [1.807, 2.05) is 0 Å². The highest BCUT2D eigenvalue weighted by molar-refractivity contribution is 6.29. The fourth-order valence-electron chi connectivity index (χ4n) is 2.18. The fraction of sp³-hybridized carbons (Fsp3) is 0.692. The molecule has 1 N–H and O–H groups in total. The molecule has 0 radical (unpaired) electrons. The van der Waals surface area contributed by atoms with Gasteiger partial charge in [-0.2, -0.15) is 0 Å². The number of anilines is 1. The summed E-state index contributed by atoms with van der Waals surface area (Å²) in [7, 11) is 0. The van der Waals surface area contributed by atoms with Crippen LogP contribution >= 0.6 is 11.6 Å². The average Bonchev–Trinajstić information content (AvgIpc) is 2.39. The van der Waals surface area contributed by atoms with Crippen molar-refractivity contribution in [3.8, 4) is 0 Å². The Labute approximate surface area is 118 Å². The van der Waals surface area contributed by atoms with Crippen LogP contribution in [-0.2, 0) is 11.2 Å². The van der Waals surface area contributed by atoms with Gasteiger partial charge in [0.2, 0.25) is 0 Å². The van der Waals surface area contributed by atoms with Gasteiger partial charge >= 0.3 is 0 Å². The number of rotatable bonds is 4. The van der Waals surface area contributed by atoms with Crippen LogP contribution in [0.2, 0.25) is 5.15 Å². The van der Waals surface area contributed by atoms with Crippen molar-refractivity contribution in [3.63, 3.8) is 0 Å². The molecule has 1 aliphatic heterocycles. The van der Waals surface area contributed by atoms with E-state index in [9.17, 15) is 5.11 Å². The maximum Gasteiger partial charge on any atom is 0.134 e. The second kappa shape index (κ2) is 6.50. The maximum absolute atomic E-state index is 9.22. The molecule has 0 amide bonds. The quantitative estimate of drug-likeness (QED) is 0.853. The summed E-state index contributed by atoms with van der Waals surface area (Å²) in [4.78, 5) is 10.9. The second-order valence-corrected chi connectivity index (χ2v) is 5.24. The van der Waals surface area contributed by atoms with Crippen LogP contribution < -0.4 is 4.90 Å². The Balaban J connectivity index is 2.23. The predicted molar refractivity (Wildman–Crippen MR) is 74.7 cm³/mol. The third-order valence-electron chi connectivity index (χ3n) is 3.20. The van der Waals surface area contributed by atoms with Crippen molar-refractivity contribution in [1.29, 1.82) is 0 Å². The molecule has 0 aromatic carbocycles. The number of aryl methyl sites for hydroxylation is 1. The standard InChI is InChI=1S/C13H20ClN3O2/c1-3-4-12-15-11(14)5-13(16-12)17-6-10(7-18)19-8-9(17)2/h5,9-10,18H,3-4,6-8H2,1-2H3. The third kappa shape index (κ3) is 3.55. The van der Waals surface area contributed by atoms with Gasteiger partial charge in [-0.3, -0.25) is 0 Å². The van der Waals surface area contributed by atoms with E-state index in [-0.39, 0.29) is 18.8 Å². The molecule has 6 heteroatoms. The number of aliphatic hydroxyl groups excluding tert-OH is 1. The van der Waals surface area contributed by atoms with Crippen molar-refractivity contribution < 1.29 is 9.84 Å². The van der Waals surface area contributed by atoms with Crippen LogP contribution in [0.4, 0.5) is 5.82 Å². The van der Waals surface area contributed by atoms with Gasteiger partial charge in [0.05, 0.1) is 25.4 Å². The number of ether oxygens (including phenoxy) is 1. The first-order chi connectivity index (χ1) is 9.13. The molecule has 19 heavy (non-hydrogen) atoms. The lowest BCUT2D eigenvalue weighted by Crippen LogP contribution is -2.50. The highest BCUT2D eigenvalue weighted by Crippen LogP contribution is 2.22. The van der Waals surface area contributed by atoms with Crippen molar-refractivity contribution >= 4 is 17.4 Å². The molecular formula is C13H20ClN3O2. The van der Waals surface area contributed by atoms with Crippen LogP contribution in [0.5, 0.6) is 0 Å². The lowest BCUT2D eigenvalue weighted by Gasteiger charge is -2.38. The number of aliphatic hydroxyl groups is 1. The van der Waals surface area contributed by atoms with Crippen LogP contribution in [-0.4, -0.2) is 47.0 Å². The summed E-state index contributed by atoms with van der Waals surface area (Å²) in [5, 5.41) is 9.69. The first-order valence-electron chi connectivity index (χ1n) is 6.66. The van der Waals surface area contributed by atoms with E-state index >= 15 is 0 Å². The Bertz CT molecular complexity index is 430. The average molecular weight is 286 g/mol. The van der Waals surface area contributed by atoms with Crippen molar-refractivity contribution in [3.05, 3.63) is 17.0 Å². The van der Waals surface area contributed by atoms with Gasteiger partial charge in [-0.05, 0) is 13.3 Å². The van der Waals surface area contributed by atoms with E-state index in [2.05, 4.69) is 28.7 Å². The highest BCUT2D eigenvalue weighted by atomic mass is 35.5. The summed E-state index contributed by atoms with van der Waals surface area (Å²) in [6.07, 6.45) is 1.63. The lowest BCUT2D eigenvalue weighted by atomic mass is 10.2. The Morgan fingerprint density at radius 3 is 3.00 bits per heavy atom. The molecule has 2 heterocycles. The predicted octanol–water partition coefficient (Wildman–Crippen LogP) is 1.67. The molecule has 1 saturated heterocycles. The zero-order valence-electron chi connectivity index (χ0n) is 11.3. The number of halogens is 1. The molecule has 0 spiro atoms. The Kier molecular flexibility index (Phi) is 4.96. The summed E-state index contributed by atoms with van der Waals surface area (Å²) >= 11 is 6.06. The molecule has 2 unspecified atom stereocenters. The normalized spacial score (nSPS) is 23.7. The van der Waals surface area contributed by atoms with Gasteiger partial charge in [0.25, 0.3) is 0 Å². The summed E-state index contributed by atoms with van der Waals surface area (Å²) in [6.45, 7) is 5.38. The molecular weight excluding hydrogens is 266 g/mol. The topological polar surface area (TPSA) is 58.5 Å². The van der Waals surface area contributed by atoms with Gasteiger partial charge in [0.15, 0.2) is 0 Å². The van der Waals surface area contributed by atoms with Gasteiger partial charge < -0.3 is 14.7 Å². The van der Waals surface area contributed by atoms with Crippen LogP contribution in [0.25, 0.3) is 0 Å². The minimum atomic E-state index is -0.167. The monoisotopic (exact) mass is 285 g/mol. The van der Waals surface area contributed by atoms with Crippen molar-refractivity contribution in [1.82, 2.24) is 9.97 Å². The minimum Gasteiger partial charge on any atom is -0.394 e. The Hall–Kier alpha value is -0.910. The summed E-state index contributed by atoms with van der Waals surface area (Å²) in [6, 6.07) is 1.99. The number of nitrogens with zero attached hydrogens (tertiary/aromatic N) is 3. The van der Waals surface area contributed by atoms with Crippen LogP contribution in [0.1, 0.15) is 26.1 Å². The molecule has 5 nitrogen and oxygen atoms in total. The molecule has 1 aromatic heterocycles. The summed E-state index contributed by atoms with van der Waals surface area (Å²) in [5.74, 6) is 1.59. The molecule has 2 rings (SSSR count). The highest BCUT2D eigenvalue weighted by Gasteiger charge is 2.27. The second-order valence-electron chi connectivity index (χ2n) is 4.85. The molecule has 2 atom stereocenters. The fourth-order valence-corrected chi connectivity index (χ4v) is 2.38. The molecule has 106 valence electrons. The van der Waals surface area contributed by atoms with E-state index in [1.165, 1.54) is 0 Å². The SMILES string of the molecule is CCCc1nc(Cl)cc(N2CC(CO)OCC2C)n1. The minimum absolute atomic E-state index is 0.0177. The van der Waals surface area contributed by atoms with Crippen molar-refractivity contribution in [2.75, 3.05) is 24.7 Å². The zero-order chi connectivity index (χ0) is 13.8. The number of aromatic nitrogens is 2. The zero-order valence-corrected chi connectivity index (χ0v) is 12.1. The van der Waals surface area contributed by atoms with Crippen molar-refractivity contribution in [2.24, 2.45) is 0 Å². The summed E-state index contributed by atoms with van der Waals surface area (Å²) in [5.41, 5.74) is 0. The van der Waals surface area contributed by atoms with E-state index in [0.717, 1.165) is 24.5 Å². The van der Waals surface area contributed by atoms with E-state index < -0.39 is 0 Å². The molecule has 0 saturated carbocycles. The largest absolute Gasteiger partial charge is 0.394 e.